The molecule has 1 atom stereocenters. The molecule has 0 radical (unpaired) electrons. The summed E-state index contributed by atoms with van der Waals surface area (Å²) in [7, 11) is -3.94. The van der Waals surface area contributed by atoms with Crippen LogP contribution in [-0.4, -0.2) is 68.1 Å². The van der Waals surface area contributed by atoms with E-state index in [1.165, 1.54) is 9.21 Å². The summed E-state index contributed by atoms with van der Waals surface area (Å²) in [5.41, 5.74) is 2.47. The van der Waals surface area contributed by atoms with Crippen molar-refractivity contribution in [2.75, 3.05) is 32.7 Å². The Balaban J connectivity index is 1.69. The molecule has 0 fully saturated rings. The second-order valence-corrected chi connectivity index (χ2v) is 13.0. The van der Waals surface area contributed by atoms with E-state index in [9.17, 15) is 22.8 Å². The normalized spacial score (nSPS) is 18.7. The SMILES string of the molecule is Cc1ccc(S(=O)(=O)N2C/C=C/CNC(=O)CNC(=O)C(c3ccccc3)N(CCc3ccc(Br)cc3)C(=O)CC2)cc1. The van der Waals surface area contributed by atoms with Gasteiger partial charge in [-0.3, -0.25) is 14.4 Å². The molecule has 3 aromatic rings. The molecular formula is C32H35BrN4O5S. The molecule has 1 unspecified atom stereocenters. The first-order valence-electron chi connectivity index (χ1n) is 14.0. The summed E-state index contributed by atoms with van der Waals surface area (Å²) in [4.78, 5) is 41.7. The van der Waals surface area contributed by atoms with Crippen LogP contribution in [0, 0.1) is 6.92 Å². The van der Waals surface area contributed by atoms with Crippen molar-refractivity contribution in [3.63, 3.8) is 0 Å². The number of hydrogen-bond donors (Lipinski definition) is 2. The molecule has 1 aliphatic rings. The minimum Gasteiger partial charge on any atom is -0.351 e. The van der Waals surface area contributed by atoms with Crippen LogP contribution in [0.4, 0.5) is 0 Å². The number of benzene rings is 3. The van der Waals surface area contributed by atoms with Gasteiger partial charge in [0.1, 0.15) is 6.04 Å². The van der Waals surface area contributed by atoms with Crippen LogP contribution in [0.25, 0.3) is 0 Å². The average Bonchev–Trinajstić information content (AvgIpc) is 3.00. The van der Waals surface area contributed by atoms with Gasteiger partial charge >= 0.3 is 0 Å². The van der Waals surface area contributed by atoms with Crippen molar-refractivity contribution >= 4 is 43.7 Å². The van der Waals surface area contributed by atoms with Crippen molar-refractivity contribution in [2.24, 2.45) is 0 Å². The van der Waals surface area contributed by atoms with Crippen LogP contribution in [0.5, 0.6) is 0 Å². The van der Waals surface area contributed by atoms with Crippen molar-refractivity contribution in [2.45, 2.75) is 30.7 Å². The van der Waals surface area contributed by atoms with Gasteiger partial charge in [0.2, 0.25) is 27.7 Å². The van der Waals surface area contributed by atoms with Crippen molar-refractivity contribution < 1.29 is 22.8 Å². The van der Waals surface area contributed by atoms with Gasteiger partial charge in [-0.1, -0.05) is 88.2 Å². The highest BCUT2D eigenvalue weighted by Crippen LogP contribution is 2.24. The Morgan fingerprint density at radius 2 is 1.58 bits per heavy atom. The number of halogens is 1. The fourth-order valence-corrected chi connectivity index (χ4v) is 6.37. The van der Waals surface area contributed by atoms with Gasteiger partial charge in [-0.15, -0.1) is 0 Å². The largest absolute Gasteiger partial charge is 0.351 e. The molecule has 1 aliphatic heterocycles. The van der Waals surface area contributed by atoms with E-state index in [2.05, 4.69) is 26.6 Å². The minimum absolute atomic E-state index is 0.0115. The van der Waals surface area contributed by atoms with Gasteiger partial charge in [0.25, 0.3) is 0 Å². The maximum atomic E-state index is 14.0. The Labute approximate surface area is 261 Å². The molecule has 43 heavy (non-hydrogen) atoms. The number of rotatable bonds is 6. The van der Waals surface area contributed by atoms with Crippen molar-refractivity contribution in [1.82, 2.24) is 19.8 Å². The molecule has 11 heteroatoms. The van der Waals surface area contributed by atoms with Crippen LogP contribution >= 0.6 is 15.9 Å². The number of carbonyl (C=O) groups excluding carboxylic acids is 3. The van der Waals surface area contributed by atoms with Crippen molar-refractivity contribution in [1.29, 1.82) is 0 Å². The van der Waals surface area contributed by atoms with E-state index in [4.69, 9.17) is 0 Å². The summed E-state index contributed by atoms with van der Waals surface area (Å²) in [5.74, 6) is -1.29. The molecule has 2 N–H and O–H groups in total. The number of nitrogens with one attached hydrogen (secondary N) is 2. The molecule has 4 rings (SSSR count). The fraction of sp³-hybridized carbons (Fsp3) is 0.281. The Kier molecular flexibility index (Phi) is 11.3. The predicted octanol–water partition coefficient (Wildman–Crippen LogP) is 3.75. The predicted molar refractivity (Wildman–Crippen MR) is 168 cm³/mol. The highest BCUT2D eigenvalue weighted by molar-refractivity contribution is 9.10. The highest BCUT2D eigenvalue weighted by atomic mass is 79.9. The number of carbonyl (C=O) groups is 3. The third-order valence-corrected chi connectivity index (χ3v) is 9.51. The molecule has 0 bridgehead atoms. The first kappa shape index (κ1) is 32.1. The van der Waals surface area contributed by atoms with Gasteiger partial charge in [-0.2, -0.15) is 4.31 Å². The van der Waals surface area contributed by atoms with Gasteiger partial charge in [0.05, 0.1) is 11.4 Å². The van der Waals surface area contributed by atoms with Gasteiger partial charge in [-0.05, 0) is 48.7 Å². The smallest absolute Gasteiger partial charge is 0.247 e. The molecule has 226 valence electrons. The van der Waals surface area contributed by atoms with E-state index in [0.717, 1.165) is 15.6 Å². The quantitative estimate of drug-likeness (QED) is 0.389. The molecular weight excluding hydrogens is 632 g/mol. The fourth-order valence-electron chi connectivity index (χ4n) is 4.71. The number of nitrogens with zero attached hydrogens (tertiary/aromatic N) is 2. The Bertz CT molecular complexity index is 1540. The second kappa shape index (κ2) is 15.1. The van der Waals surface area contributed by atoms with Crippen LogP contribution in [-0.2, 0) is 30.8 Å². The molecule has 0 saturated carbocycles. The molecule has 3 amide bonds. The van der Waals surface area contributed by atoms with E-state index < -0.39 is 27.9 Å². The van der Waals surface area contributed by atoms with E-state index in [0.29, 0.717) is 12.0 Å². The highest BCUT2D eigenvalue weighted by Gasteiger charge is 2.33. The molecule has 3 aromatic carbocycles. The maximum absolute atomic E-state index is 14.0. The Morgan fingerprint density at radius 1 is 0.884 bits per heavy atom. The zero-order chi connectivity index (χ0) is 30.8. The number of amides is 3. The monoisotopic (exact) mass is 666 g/mol. The average molecular weight is 668 g/mol. The third-order valence-electron chi connectivity index (χ3n) is 7.10. The van der Waals surface area contributed by atoms with Crippen molar-refractivity contribution in [3.8, 4) is 0 Å². The summed E-state index contributed by atoms with van der Waals surface area (Å²) in [6.45, 7) is 1.89. The number of hydrogen-bond acceptors (Lipinski definition) is 5. The molecule has 0 spiro atoms. The van der Waals surface area contributed by atoms with Crippen LogP contribution in [0.2, 0.25) is 0 Å². The summed E-state index contributed by atoms with van der Waals surface area (Å²) in [6, 6.07) is 22.1. The number of sulfonamides is 1. The summed E-state index contributed by atoms with van der Waals surface area (Å²) >= 11 is 3.44. The lowest BCUT2D eigenvalue weighted by molar-refractivity contribution is -0.141. The van der Waals surface area contributed by atoms with E-state index in [1.807, 2.05) is 37.3 Å². The van der Waals surface area contributed by atoms with E-state index >= 15 is 0 Å². The lowest BCUT2D eigenvalue weighted by Gasteiger charge is -2.32. The summed E-state index contributed by atoms with van der Waals surface area (Å²) < 4.78 is 29.4. The van der Waals surface area contributed by atoms with Crippen LogP contribution in [0.1, 0.15) is 29.2 Å². The molecule has 0 saturated heterocycles. The summed E-state index contributed by atoms with van der Waals surface area (Å²) in [5, 5.41) is 5.38. The topological polar surface area (TPSA) is 116 Å². The Hall–Kier alpha value is -3.80. The zero-order valence-corrected chi connectivity index (χ0v) is 26.3. The lowest BCUT2D eigenvalue weighted by Crippen LogP contribution is -2.47. The second-order valence-electron chi connectivity index (χ2n) is 10.2. The molecule has 0 aliphatic carbocycles. The minimum atomic E-state index is -3.94. The van der Waals surface area contributed by atoms with Gasteiger partial charge in [0, 0.05) is 37.1 Å². The maximum Gasteiger partial charge on any atom is 0.247 e. The first-order valence-corrected chi connectivity index (χ1v) is 16.2. The standard InChI is InChI=1S/C32H35BrN4O5S/c1-24-9-15-28(16-10-24)43(41,42)36-20-6-5-19-34-29(38)23-35-32(40)31(26-7-3-2-4-8-26)37(30(39)18-21-36)22-17-25-11-13-27(33)14-12-25/h2-16,31H,17-23H2,1H3,(H,34,38)(H,35,40)/b6-5+. The summed E-state index contributed by atoms with van der Waals surface area (Å²) in [6.07, 6.45) is 3.61. The molecule has 0 aromatic heterocycles. The van der Waals surface area contributed by atoms with Crippen LogP contribution < -0.4 is 10.6 Å². The Morgan fingerprint density at radius 3 is 2.28 bits per heavy atom. The zero-order valence-electron chi connectivity index (χ0n) is 23.9. The van der Waals surface area contributed by atoms with Crippen LogP contribution in [0.3, 0.4) is 0 Å². The third kappa shape index (κ3) is 8.85. The van der Waals surface area contributed by atoms with Gasteiger partial charge in [0.15, 0.2) is 0 Å². The number of aryl methyl sites for hydroxylation is 1. The van der Waals surface area contributed by atoms with Crippen LogP contribution in [0.15, 0.2) is 100 Å². The van der Waals surface area contributed by atoms with E-state index in [1.54, 1.807) is 60.7 Å². The van der Waals surface area contributed by atoms with Gasteiger partial charge in [-0.25, -0.2) is 8.42 Å². The molecule has 9 nitrogen and oxygen atoms in total. The molecule has 1 heterocycles. The lowest BCUT2D eigenvalue weighted by atomic mass is 10.0. The van der Waals surface area contributed by atoms with E-state index in [-0.39, 0.29) is 49.9 Å². The van der Waals surface area contributed by atoms with Crippen molar-refractivity contribution in [3.05, 3.63) is 112 Å². The van der Waals surface area contributed by atoms with Gasteiger partial charge < -0.3 is 15.5 Å². The first-order chi connectivity index (χ1) is 20.6.